The van der Waals surface area contributed by atoms with E-state index in [1.54, 1.807) is 24.3 Å². The van der Waals surface area contributed by atoms with Crippen LogP contribution in [0.2, 0.25) is 0 Å². The van der Waals surface area contributed by atoms with E-state index < -0.39 is 0 Å². The zero-order chi connectivity index (χ0) is 17.6. The Balaban J connectivity index is 1.78. The molecule has 2 amide bonds. The molecule has 25 heavy (non-hydrogen) atoms. The molecule has 0 radical (unpaired) electrons. The first-order valence-corrected chi connectivity index (χ1v) is 8.65. The largest absolute Gasteiger partial charge is 0.392 e. The third kappa shape index (κ3) is 2.56. The van der Waals surface area contributed by atoms with Crippen LogP contribution in [0.4, 0.5) is 0 Å². The first-order valence-electron chi connectivity index (χ1n) is 7.86. The number of benzene rings is 3. The average Bonchev–Trinajstić information content (AvgIpc) is 2.65. The molecule has 0 saturated heterocycles. The zero-order valence-corrected chi connectivity index (χ0v) is 14.8. The van der Waals surface area contributed by atoms with Gasteiger partial charge in [0, 0.05) is 21.0 Å². The number of carbonyl (C=O) groups is 2. The number of carbonyl (C=O) groups excluding carboxylic acids is 2. The van der Waals surface area contributed by atoms with Crippen LogP contribution in [0, 0.1) is 0 Å². The Morgan fingerprint density at radius 2 is 1.48 bits per heavy atom. The van der Waals surface area contributed by atoms with Crippen molar-refractivity contribution in [2.75, 3.05) is 0 Å². The second kappa shape index (κ2) is 6.10. The average molecular weight is 396 g/mol. The smallest absolute Gasteiger partial charge is 0.261 e. The summed E-state index contributed by atoms with van der Waals surface area (Å²) in [7, 11) is 0. The van der Waals surface area contributed by atoms with Gasteiger partial charge in [0.05, 0.1) is 13.2 Å². The molecule has 0 unspecified atom stereocenters. The first-order chi connectivity index (χ1) is 12.1. The molecule has 1 heterocycles. The fourth-order valence-electron chi connectivity index (χ4n) is 3.19. The lowest BCUT2D eigenvalue weighted by molar-refractivity contribution is 0.0598. The van der Waals surface area contributed by atoms with Crippen molar-refractivity contribution in [2.45, 2.75) is 13.2 Å². The number of rotatable bonds is 3. The number of imide groups is 1. The van der Waals surface area contributed by atoms with Crippen LogP contribution in [0.1, 0.15) is 31.8 Å². The number of hydrogen-bond donors (Lipinski definition) is 1. The molecule has 3 aromatic carbocycles. The number of amides is 2. The summed E-state index contributed by atoms with van der Waals surface area (Å²) in [4.78, 5) is 27.1. The fraction of sp³-hybridized carbons (Fsp3) is 0.100. The molecule has 0 bridgehead atoms. The standard InChI is InChI=1S/C20H14BrNO3/c21-17-9-8-16-18-14(17)2-1-3-15(18)19(24)22(20(16)25)10-12-4-6-13(11-23)7-5-12/h1-9,23H,10-11H2. The molecular formula is C20H14BrNO3. The third-order valence-electron chi connectivity index (χ3n) is 4.48. The van der Waals surface area contributed by atoms with E-state index in [0.717, 1.165) is 21.0 Å². The Labute approximate surface area is 152 Å². The molecule has 0 spiro atoms. The molecule has 0 fully saturated rings. The summed E-state index contributed by atoms with van der Waals surface area (Å²) < 4.78 is 0.863. The molecule has 1 aliphatic heterocycles. The van der Waals surface area contributed by atoms with E-state index in [0.29, 0.717) is 16.5 Å². The summed E-state index contributed by atoms with van der Waals surface area (Å²) in [6.07, 6.45) is 0. The number of aliphatic hydroxyl groups is 1. The van der Waals surface area contributed by atoms with Crippen molar-refractivity contribution in [2.24, 2.45) is 0 Å². The number of hydrogen-bond acceptors (Lipinski definition) is 3. The van der Waals surface area contributed by atoms with E-state index in [4.69, 9.17) is 5.11 Å². The lowest BCUT2D eigenvalue weighted by Crippen LogP contribution is -2.39. The van der Waals surface area contributed by atoms with E-state index in [2.05, 4.69) is 15.9 Å². The Bertz CT molecular complexity index is 989. The van der Waals surface area contributed by atoms with Crippen molar-refractivity contribution in [1.29, 1.82) is 0 Å². The highest BCUT2D eigenvalue weighted by Crippen LogP contribution is 2.34. The van der Waals surface area contributed by atoms with Crippen LogP contribution < -0.4 is 0 Å². The van der Waals surface area contributed by atoms with Crippen LogP contribution in [0.25, 0.3) is 10.8 Å². The lowest BCUT2D eigenvalue weighted by Gasteiger charge is -2.27. The SMILES string of the molecule is O=C1c2cccc3c(Br)ccc(c23)C(=O)N1Cc1ccc(CO)cc1. The number of nitrogens with zero attached hydrogens (tertiary/aromatic N) is 1. The lowest BCUT2D eigenvalue weighted by atomic mass is 9.94. The van der Waals surface area contributed by atoms with Crippen molar-refractivity contribution in [3.05, 3.63) is 81.3 Å². The van der Waals surface area contributed by atoms with E-state index in [9.17, 15) is 9.59 Å². The normalized spacial score (nSPS) is 13.6. The van der Waals surface area contributed by atoms with Crippen LogP contribution in [0.3, 0.4) is 0 Å². The molecule has 4 nitrogen and oxygen atoms in total. The number of halogens is 1. The van der Waals surface area contributed by atoms with Gasteiger partial charge in [-0.2, -0.15) is 0 Å². The predicted molar refractivity (Wildman–Crippen MR) is 98.2 cm³/mol. The summed E-state index contributed by atoms with van der Waals surface area (Å²) in [5.74, 6) is -0.570. The second-order valence-corrected chi connectivity index (χ2v) is 6.85. The van der Waals surface area contributed by atoms with Crippen molar-refractivity contribution in [3.8, 4) is 0 Å². The van der Waals surface area contributed by atoms with Gasteiger partial charge in [-0.1, -0.05) is 52.3 Å². The highest BCUT2D eigenvalue weighted by Gasteiger charge is 2.33. The van der Waals surface area contributed by atoms with E-state index in [1.165, 1.54) is 4.90 Å². The minimum absolute atomic E-state index is 0.0356. The van der Waals surface area contributed by atoms with Gasteiger partial charge in [-0.15, -0.1) is 0 Å². The first kappa shape index (κ1) is 16.0. The van der Waals surface area contributed by atoms with Crippen LogP contribution in [-0.4, -0.2) is 21.8 Å². The molecule has 0 saturated carbocycles. The molecule has 5 heteroatoms. The monoisotopic (exact) mass is 395 g/mol. The Morgan fingerprint density at radius 1 is 0.840 bits per heavy atom. The van der Waals surface area contributed by atoms with Gasteiger partial charge < -0.3 is 5.11 Å². The zero-order valence-electron chi connectivity index (χ0n) is 13.2. The minimum Gasteiger partial charge on any atom is -0.392 e. The maximum absolute atomic E-state index is 12.9. The Kier molecular flexibility index (Phi) is 3.90. The van der Waals surface area contributed by atoms with Gasteiger partial charge in [0.2, 0.25) is 0 Å². The van der Waals surface area contributed by atoms with E-state index >= 15 is 0 Å². The molecule has 0 aromatic heterocycles. The molecule has 124 valence electrons. The van der Waals surface area contributed by atoms with E-state index in [-0.39, 0.29) is 25.0 Å². The van der Waals surface area contributed by atoms with E-state index in [1.807, 2.05) is 30.3 Å². The van der Waals surface area contributed by atoms with Crippen LogP contribution >= 0.6 is 15.9 Å². The second-order valence-electron chi connectivity index (χ2n) is 5.99. The predicted octanol–water partition coefficient (Wildman–Crippen LogP) is 3.89. The van der Waals surface area contributed by atoms with Crippen LogP contribution in [0.5, 0.6) is 0 Å². The molecular weight excluding hydrogens is 382 g/mol. The van der Waals surface area contributed by atoms with Gasteiger partial charge >= 0.3 is 0 Å². The van der Waals surface area contributed by atoms with Crippen molar-refractivity contribution >= 4 is 38.5 Å². The fourth-order valence-corrected chi connectivity index (χ4v) is 3.65. The number of aliphatic hydroxyl groups excluding tert-OH is 1. The Hall–Kier alpha value is -2.50. The summed E-state index contributed by atoms with van der Waals surface area (Å²) in [5, 5.41) is 10.7. The molecule has 0 aliphatic carbocycles. The third-order valence-corrected chi connectivity index (χ3v) is 5.18. The summed E-state index contributed by atoms with van der Waals surface area (Å²) in [6, 6.07) is 16.3. The highest BCUT2D eigenvalue weighted by atomic mass is 79.9. The van der Waals surface area contributed by atoms with Crippen LogP contribution in [0.15, 0.2) is 59.1 Å². The van der Waals surface area contributed by atoms with Gasteiger partial charge in [-0.25, -0.2) is 0 Å². The molecule has 4 rings (SSSR count). The van der Waals surface area contributed by atoms with Crippen molar-refractivity contribution in [3.63, 3.8) is 0 Å². The van der Waals surface area contributed by atoms with Gasteiger partial charge in [-0.3, -0.25) is 14.5 Å². The molecule has 1 aliphatic rings. The van der Waals surface area contributed by atoms with Crippen LogP contribution in [-0.2, 0) is 13.2 Å². The molecule has 3 aromatic rings. The molecule has 1 N–H and O–H groups in total. The van der Waals surface area contributed by atoms with Gasteiger partial charge in [0.25, 0.3) is 11.8 Å². The van der Waals surface area contributed by atoms with Gasteiger partial charge in [0.15, 0.2) is 0 Å². The summed E-state index contributed by atoms with van der Waals surface area (Å²) >= 11 is 3.48. The molecule has 0 atom stereocenters. The maximum atomic E-state index is 12.9. The quantitative estimate of drug-likeness (QED) is 0.684. The van der Waals surface area contributed by atoms with Gasteiger partial charge in [0.1, 0.15) is 0 Å². The van der Waals surface area contributed by atoms with Crippen molar-refractivity contribution < 1.29 is 14.7 Å². The summed E-state index contributed by atoms with van der Waals surface area (Å²) in [6.45, 7) is 0.168. The Morgan fingerprint density at radius 3 is 2.16 bits per heavy atom. The minimum atomic E-state index is -0.285. The van der Waals surface area contributed by atoms with Gasteiger partial charge in [-0.05, 0) is 34.7 Å². The topological polar surface area (TPSA) is 57.6 Å². The summed E-state index contributed by atoms with van der Waals surface area (Å²) in [5.41, 5.74) is 2.72. The highest BCUT2D eigenvalue weighted by molar-refractivity contribution is 9.10. The van der Waals surface area contributed by atoms with Crippen molar-refractivity contribution in [1.82, 2.24) is 4.90 Å². The maximum Gasteiger partial charge on any atom is 0.261 e.